The highest BCUT2D eigenvalue weighted by atomic mass is 35.5. The Bertz CT molecular complexity index is 528. The van der Waals surface area contributed by atoms with Crippen LogP contribution in [0.5, 0.6) is 0 Å². The van der Waals surface area contributed by atoms with Crippen LogP contribution in [-0.4, -0.2) is 29.1 Å². The molecule has 24 heavy (non-hydrogen) atoms. The van der Waals surface area contributed by atoms with Gasteiger partial charge in [-0.1, -0.05) is 61.9 Å². The first-order chi connectivity index (χ1) is 11.1. The van der Waals surface area contributed by atoms with Crippen molar-refractivity contribution in [2.24, 2.45) is 5.92 Å². The van der Waals surface area contributed by atoms with Crippen LogP contribution in [0.3, 0.4) is 0 Å². The van der Waals surface area contributed by atoms with Gasteiger partial charge in [-0.2, -0.15) is 0 Å². The summed E-state index contributed by atoms with van der Waals surface area (Å²) in [4.78, 5) is 2.34. The highest BCUT2D eigenvalue weighted by Crippen LogP contribution is 2.42. The van der Waals surface area contributed by atoms with Crippen LogP contribution in [0.25, 0.3) is 0 Å². The zero-order valence-corrected chi connectivity index (χ0v) is 16.0. The number of rotatable bonds is 6. The quantitative estimate of drug-likeness (QED) is 0.781. The van der Waals surface area contributed by atoms with Gasteiger partial charge in [0.2, 0.25) is 0 Å². The zero-order chi connectivity index (χ0) is 16.7. The molecule has 0 heterocycles. The summed E-state index contributed by atoms with van der Waals surface area (Å²) in [5, 5.41) is 11.4. The van der Waals surface area contributed by atoms with Gasteiger partial charge in [0.05, 0.1) is 6.54 Å². The molecule has 1 atom stereocenters. The standard InChI is InChI=1S/C21H31NO.ClH/c1-4-22(18(2)3)17-11-10-16-21(23,20-14-8-9-15-20)19-12-6-5-7-13-19;/h5-7,12-13,18,20,23H,4,8-9,14-17H2,1-3H3;1H/p-1. The minimum Gasteiger partial charge on any atom is -1.00 e. The first-order valence-corrected chi connectivity index (χ1v) is 9.05. The molecular weight excluding hydrogens is 318 g/mol. The van der Waals surface area contributed by atoms with Crippen molar-refractivity contribution in [2.75, 3.05) is 13.1 Å². The van der Waals surface area contributed by atoms with Crippen molar-refractivity contribution in [3.05, 3.63) is 35.9 Å². The summed E-state index contributed by atoms with van der Waals surface area (Å²) in [5.41, 5.74) is 0.233. The van der Waals surface area contributed by atoms with Gasteiger partial charge in [0.15, 0.2) is 0 Å². The average molecular weight is 349 g/mol. The van der Waals surface area contributed by atoms with Crippen LogP contribution >= 0.6 is 0 Å². The lowest BCUT2D eigenvalue weighted by molar-refractivity contribution is -0.0173. The summed E-state index contributed by atoms with van der Waals surface area (Å²) in [6.07, 6.45) is 5.21. The van der Waals surface area contributed by atoms with Gasteiger partial charge < -0.3 is 17.5 Å². The smallest absolute Gasteiger partial charge is 0.103 e. The van der Waals surface area contributed by atoms with E-state index in [0.717, 1.165) is 31.5 Å². The summed E-state index contributed by atoms with van der Waals surface area (Å²) in [5.74, 6) is 6.90. The van der Waals surface area contributed by atoms with Crippen molar-refractivity contribution >= 4 is 0 Å². The Balaban J connectivity index is 0.00000288. The van der Waals surface area contributed by atoms with Crippen LogP contribution in [0.1, 0.15) is 58.4 Å². The van der Waals surface area contributed by atoms with Crippen molar-refractivity contribution < 1.29 is 17.5 Å². The van der Waals surface area contributed by atoms with Crippen molar-refractivity contribution in [3.63, 3.8) is 0 Å². The van der Waals surface area contributed by atoms with E-state index in [1.165, 1.54) is 12.8 Å². The van der Waals surface area contributed by atoms with E-state index in [0.29, 0.717) is 18.4 Å². The number of aliphatic hydroxyl groups is 1. The Morgan fingerprint density at radius 3 is 2.33 bits per heavy atom. The molecule has 1 unspecified atom stereocenters. The second-order valence-electron chi connectivity index (χ2n) is 6.96. The Hall–Kier alpha value is -1.01. The minimum atomic E-state index is -0.792. The maximum atomic E-state index is 11.4. The molecule has 1 aromatic rings. The molecule has 1 aliphatic carbocycles. The molecule has 0 saturated heterocycles. The van der Waals surface area contributed by atoms with E-state index in [1.54, 1.807) is 0 Å². The van der Waals surface area contributed by atoms with E-state index in [1.807, 2.05) is 30.3 Å². The number of benzene rings is 1. The first-order valence-electron chi connectivity index (χ1n) is 9.05. The molecule has 1 aromatic carbocycles. The van der Waals surface area contributed by atoms with Crippen molar-refractivity contribution in [2.45, 2.75) is 64.5 Å². The van der Waals surface area contributed by atoms with Crippen LogP contribution in [0.2, 0.25) is 0 Å². The van der Waals surface area contributed by atoms with Gasteiger partial charge in [-0.25, -0.2) is 0 Å². The predicted molar refractivity (Wildman–Crippen MR) is 97.1 cm³/mol. The summed E-state index contributed by atoms with van der Waals surface area (Å²) in [6.45, 7) is 8.36. The third-order valence-corrected chi connectivity index (χ3v) is 5.21. The van der Waals surface area contributed by atoms with Gasteiger partial charge in [0, 0.05) is 12.5 Å². The minimum absolute atomic E-state index is 0. The highest BCUT2D eigenvalue weighted by Gasteiger charge is 2.39. The maximum absolute atomic E-state index is 11.4. The van der Waals surface area contributed by atoms with Gasteiger partial charge in [-0.3, -0.25) is 4.90 Å². The van der Waals surface area contributed by atoms with Crippen LogP contribution < -0.4 is 12.4 Å². The van der Waals surface area contributed by atoms with Gasteiger partial charge in [-0.05, 0) is 44.7 Å². The normalized spacial score (nSPS) is 17.2. The fourth-order valence-electron chi connectivity index (χ4n) is 3.63. The van der Waals surface area contributed by atoms with Crippen LogP contribution in [0, 0.1) is 17.8 Å². The number of halogens is 1. The maximum Gasteiger partial charge on any atom is 0.103 e. The number of hydrogen-bond acceptors (Lipinski definition) is 2. The van der Waals surface area contributed by atoms with E-state index >= 15 is 0 Å². The van der Waals surface area contributed by atoms with Gasteiger partial charge >= 0.3 is 0 Å². The molecule has 0 aromatic heterocycles. The summed E-state index contributed by atoms with van der Waals surface area (Å²) in [7, 11) is 0. The summed E-state index contributed by atoms with van der Waals surface area (Å²) >= 11 is 0. The second-order valence-corrected chi connectivity index (χ2v) is 6.96. The average Bonchev–Trinajstić information content (AvgIpc) is 3.10. The zero-order valence-electron chi connectivity index (χ0n) is 15.3. The molecule has 0 aliphatic heterocycles. The molecule has 0 radical (unpaired) electrons. The Labute approximate surface area is 154 Å². The molecule has 0 spiro atoms. The topological polar surface area (TPSA) is 23.5 Å². The first kappa shape index (κ1) is 21.0. The molecular formula is C21H31ClNO-. The lowest BCUT2D eigenvalue weighted by atomic mass is 9.78. The van der Waals surface area contributed by atoms with E-state index in [9.17, 15) is 5.11 Å². The van der Waals surface area contributed by atoms with E-state index < -0.39 is 5.60 Å². The SMILES string of the molecule is CCN(CC#CCC(O)(c1ccccc1)C1CCCC1)C(C)C.[Cl-]. The van der Waals surface area contributed by atoms with Crippen LogP contribution in [0.15, 0.2) is 30.3 Å². The lowest BCUT2D eigenvalue weighted by Gasteiger charge is -2.33. The van der Waals surface area contributed by atoms with Gasteiger partial charge in [0.1, 0.15) is 5.60 Å². The molecule has 2 rings (SSSR count). The van der Waals surface area contributed by atoms with Gasteiger partial charge in [-0.15, -0.1) is 0 Å². The van der Waals surface area contributed by atoms with E-state index in [2.05, 4.69) is 37.5 Å². The Morgan fingerprint density at radius 2 is 1.79 bits per heavy atom. The molecule has 2 nitrogen and oxygen atoms in total. The van der Waals surface area contributed by atoms with Crippen molar-refractivity contribution in [3.8, 4) is 11.8 Å². The summed E-state index contributed by atoms with van der Waals surface area (Å²) in [6, 6.07) is 10.6. The number of nitrogens with zero attached hydrogens (tertiary/aromatic N) is 1. The molecule has 1 aliphatic rings. The lowest BCUT2D eigenvalue weighted by Crippen LogP contribution is -3.00. The molecule has 1 N–H and O–H groups in total. The van der Waals surface area contributed by atoms with Crippen LogP contribution in [-0.2, 0) is 5.60 Å². The largest absolute Gasteiger partial charge is 1.00 e. The van der Waals surface area contributed by atoms with E-state index in [-0.39, 0.29) is 12.4 Å². The monoisotopic (exact) mass is 348 g/mol. The molecule has 0 bridgehead atoms. The number of hydrogen-bond donors (Lipinski definition) is 1. The Kier molecular flexibility index (Phi) is 8.84. The van der Waals surface area contributed by atoms with Crippen LogP contribution in [0.4, 0.5) is 0 Å². The molecule has 3 heteroatoms. The Morgan fingerprint density at radius 1 is 1.17 bits per heavy atom. The molecule has 1 fully saturated rings. The van der Waals surface area contributed by atoms with Crippen molar-refractivity contribution in [1.82, 2.24) is 4.90 Å². The third-order valence-electron chi connectivity index (χ3n) is 5.21. The predicted octanol–water partition coefficient (Wildman–Crippen LogP) is 1.19. The second kappa shape index (κ2) is 10.1. The van der Waals surface area contributed by atoms with Crippen molar-refractivity contribution in [1.29, 1.82) is 0 Å². The molecule has 1 saturated carbocycles. The fraction of sp³-hybridized carbons (Fsp3) is 0.619. The highest BCUT2D eigenvalue weighted by molar-refractivity contribution is 5.26. The van der Waals surface area contributed by atoms with E-state index in [4.69, 9.17) is 0 Å². The molecule has 0 amide bonds. The third kappa shape index (κ3) is 5.24. The van der Waals surface area contributed by atoms with Gasteiger partial charge in [0.25, 0.3) is 0 Å². The fourth-order valence-corrected chi connectivity index (χ4v) is 3.63. The molecule has 134 valence electrons. The summed E-state index contributed by atoms with van der Waals surface area (Å²) < 4.78 is 0.